The van der Waals surface area contributed by atoms with E-state index in [1.54, 1.807) is 11.0 Å². The highest BCUT2D eigenvalue weighted by atomic mass is 16.5. The van der Waals surface area contributed by atoms with Gasteiger partial charge in [0.25, 0.3) is 5.91 Å². The molecule has 5 rings (SSSR count). The highest BCUT2D eigenvalue weighted by Gasteiger charge is 2.34. The predicted octanol–water partition coefficient (Wildman–Crippen LogP) is 4.97. The van der Waals surface area contributed by atoms with E-state index >= 15 is 0 Å². The van der Waals surface area contributed by atoms with Gasteiger partial charge in [0.05, 0.1) is 11.5 Å². The van der Waals surface area contributed by atoms with Crippen LogP contribution in [0, 0.1) is 13.8 Å². The Morgan fingerprint density at radius 3 is 2.74 bits per heavy atom. The maximum absolute atomic E-state index is 13.3. The number of hydrogen-bond acceptors (Lipinski definition) is 4. The number of carbonyl (C=O) groups excluding carboxylic acids is 2. The van der Waals surface area contributed by atoms with E-state index in [0.717, 1.165) is 40.1 Å². The minimum absolute atomic E-state index is 0.0428. The number of carbonyl (C=O) groups is 2. The molecule has 0 bridgehead atoms. The van der Waals surface area contributed by atoms with Crippen molar-refractivity contribution in [2.45, 2.75) is 52.1 Å². The molecule has 6 nitrogen and oxygen atoms in total. The molecule has 3 heterocycles. The molecule has 34 heavy (non-hydrogen) atoms. The van der Waals surface area contributed by atoms with Crippen molar-refractivity contribution in [3.8, 4) is 5.75 Å². The van der Waals surface area contributed by atoms with E-state index in [1.165, 1.54) is 0 Å². The van der Waals surface area contributed by atoms with Gasteiger partial charge in [-0.25, -0.2) is 0 Å². The van der Waals surface area contributed by atoms with Gasteiger partial charge < -0.3 is 15.0 Å². The van der Waals surface area contributed by atoms with E-state index in [0.29, 0.717) is 23.4 Å². The van der Waals surface area contributed by atoms with Crippen molar-refractivity contribution in [1.82, 2.24) is 4.98 Å². The molecule has 1 N–H and O–H groups in total. The zero-order valence-corrected chi connectivity index (χ0v) is 20.2. The normalized spacial score (nSPS) is 18.2. The molecule has 1 aromatic heterocycles. The summed E-state index contributed by atoms with van der Waals surface area (Å²) in [4.78, 5) is 32.6. The Kier molecular flexibility index (Phi) is 5.19. The zero-order chi connectivity index (χ0) is 24.2. The number of likely N-dealkylation sites (N-methyl/N-ethyl adjacent to an activating group) is 1. The first-order valence-electron chi connectivity index (χ1n) is 11.6. The molecule has 2 amide bonds. The summed E-state index contributed by atoms with van der Waals surface area (Å²) in [6.45, 7) is 7.97. The zero-order valence-electron chi connectivity index (χ0n) is 20.2. The number of nitrogens with zero attached hydrogens (tertiary/aromatic N) is 2. The van der Waals surface area contributed by atoms with Crippen LogP contribution in [-0.2, 0) is 17.6 Å². The van der Waals surface area contributed by atoms with Crippen molar-refractivity contribution in [3.63, 3.8) is 0 Å². The Morgan fingerprint density at radius 1 is 1.15 bits per heavy atom. The molecule has 3 aromatic rings. The largest absolute Gasteiger partial charge is 0.486 e. The molecule has 0 fully saturated rings. The van der Waals surface area contributed by atoms with Crippen LogP contribution in [0.4, 0.5) is 11.4 Å². The molecule has 2 aliphatic rings. The molecule has 0 spiro atoms. The van der Waals surface area contributed by atoms with E-state index in [2.05, 4.69) is 10.3 Å². The van der Waals surface area contributed by atoms with Crippen LogP contribution < -0.4 is 15.0 Å². The monoisotopic (exact) mass is 455 g/mol. The van der Waals surface area contributed by atoms with Gasteiger partial charge in [-0.05, 0) is 80.6 Å². The topological polar surface area (TPSA) is 71.5 Å². The van der Waals surface area contributed by atoms with Crippen molar-refractivity contribution < 1.29 is 14.3 Å². The number of hydrogen-bond donors (Lipinski definition) is 1. The van der Waals surface area contributed by atoms with Gasteiger partial charge in [-0.3, -0.25) is 14.6 Å². The minimum Gasteiger partial charge on any atom is -0.486 e. The summed E-state index contributed by atoms with van der Waals surface area (Å²) in [7, 11) is 1.81. The molecular weight excluding hydrogens is 426 g/mol. The lowest BCUT2D eigenvalue weighted by Crippen LogP contribution is -2.37. The maximum Gasteiger partial charge on any atom is 0.259 e. The lowest BCUT2D eigenvalue weighted by molar-refractivity contribution is -0.120. The van der Waals surface area contributed by atoms with Gasteiger partial charge in [0.2, 0.25) is 5.91 Å². The molecule has 1 atom stereocenters. The number of para-hydroxylation sites is 1. The van der Waals surface area contributed by atoms with Gasteiger partial charge in [-0.1, -0.05) is 18.2 Å². The van der Waals surface area contributed by atoms with Crippen LogP contribution in [0.25, 0.3) is 0 Å². The molecular formula is C28H29N3O3. The van der Waals surface area contributed by atoms with Gasteiger partial charge in [0, 0.05) is 36.7 Å². The summed E-state index contributed by atoms with van der Waals surface area (Å²) in [6, 6.07) is 13.4. The van der Waals surface area contributed by atoms with E-state index in [1.807, 2.05) is 77.3 Å². The van der Waals surface area contributed by atoms with Gasteiger partial charge in [0.1, 0.15) is 11.4 Å². The van der Waals surface area contributed by atoms with E-state index in [-0.39, 0.29) is 23.3 Å². The number of benzene rings is 2. The Bertz CT molecular complexity index is 1330. The lowest BCUT2D eigenvalue weighted by Gasteiger charge is -2.32. The third kappa shape index (κ3) is 3.83. The third-order valence-electron chi connectivity index (χ3n) is 6.76. The highest BCUT2D eigenvalue weighted by Crippen LogP contribution is 2.39. The number of anilines is 2. The first-order chi connectivity index (χ1) is 16.1. The summed E-state index contributed by atoms with van der Waals surface area (Å²) < 4.78 is 6.07. The van der Waals surface area contributed by atoms with Crippen molar-refractivity contribution >= 4 is 23.2 Å². The number of pyridine rings is 1. The van der Waals surface area contributed by atoms with E-state index < -0.39 is 0 Å². The molecule has 1 unspecified atom stereocenters. The number of fused-ring (bicyclic) bond motifs is 2. The molecule has 6 heteroatoms. The lowest BCUT2D eigenvalue weighted by atomic mass is 9.85. The second-order valence-electron chi connectivity index (χ2n) is 9.97. The Balaban J connectivity index is 1.44. The average Bonchev–Trinajstić information content (AvgIpc) is 3.11. The third-order valence-corrected chi connectivity index (χ3v) is 6.76. The van der Waals surface area contributed by atoms with Crippen molar-refractivity contribution in [2.24, 2.45) is 0 Å². The van der Waals surface area contributed by atoms with Crippen LogP contribution in [0.5, 0.6) is 5.75 Å². The highest BCUT2D eigenvalue weighted by molar-refractivity contribution is 6.07. The fraction of sp³-hybridized carbons (Fsp3) is 0.321. The Hall–Kier alpha value is -3.67. The predicted molar refractivity (Wildman–Crippen MR) is 133 cm³/mol. The van der Waals surface area contributed by atoms with Crippen LogP contribution in [0.1, 0.15) is 58.1 Å². The second kappa shape index (κ2) is 7.97. The van der Waals surface area contributed by atoms with Crippen LogP contribution in [0.3, 0.4) is 0 Å². The SMILES string of the molecule is Cc1cc2c(cn1)CC(c1cc(NC(=O)c3cccc4c3OC(C)(C)C4)ccc1C)C(=O)N2C. The Morgan fingerprint density at radius 2 is 1.94 bits per heavy atom. The average molecular weight is 456 g/mol. The summed E-state index contributed by atoms with van der Waals surface area (Å²) in [5.74, 6) is 0.146. The molecule has 0 radical (unpaired) electrons. The molecule has 0 saturated heterocycles. The molecule has 174 valence electrons. The molecule has 0 saturated carbocycles. The quantitative estimate of drug-likeness (QED) is 0.606. The van der Waals surface area contributed by atoms with Crippen molar-refractivity contribution in [2.75, 3.05) is 17.3 Å². The maximum atomic E-state index is 13.3. The van der Waals surface area contributed by atoms with E-state index in [4.69, 9.17) is 4.74 Å². The van der Waals surface area contributed by atoms with Gasteiger partial charge >= 0.3 is 0 Å². The van der Waals surface area contributed by atoms with Crippen LogP contribution in [-0.4, -0.2) is 29.4 Å². The molecule has 2 aromatic carbocycles. The number of ether oxygens (including phenoxy) is 1. The number of aromatic nitrogens is 1. The van der Waals surface area contributed by atoms with Gasteiger partial charge in [0.15, 0.2) is 0 Å². The smallest absolute Gasteiger partial charge is 0.259 e. The fourth-order valence-electron chi connectivity index (χ4n) is 5.03. The van der Waals surface area contributed by atoms with Crippen LogP contribution >= 0.6 is 0 Å². The standard InChI is InChI=1S/C28H29N3O3/c1-16-9-10-20(30-26(32)21-8-6-7-18-14-28(3,4)34-25(18)21)13-22(16)23-12-19-15-29-17(2)11-24(19)31(5)27(23)33/h6-11,13,15,23H,12,14H2,1-5H3,(H,30,32). The second-order valence-corrected chi connectivity index (χ2v) is 9.97. The minimum atomic E-state index is -0.330. The molecule has 0 aliphatic carbocycles. The number of rotatable bonds is 3. The fourth-order valence-corrected chi connectivity index (χ4v) is 5.03. The summed E-state index contributed by atoms with van der Waals surface area (Å²) >= 11 is 0. The summed E-state index contributed by atoms with van der Waals surface area (Å²) in [5, 5.41) is 3.02. The van der Waals surface area contributed by atoms with Gasteiger partial charge in [-0.2, -0.15) is 0 Å². The number of aryl methyl sites for hydroxylation is 2. The van der Waals surface area contributed by atoms with Crippen molar-refractivity contribution in [1.29, 1.82) is 0 Å². The van der Waals surface area contributed by atoms with Crippen molar-refractivity contribution in [3.05, 3.63) is 82.2 Å². The van der Waals surface area contributed by atoms with E-state index in [9.17, 15) is 9.59 Å². The Labute approximate surface area is 200 Å². The first-order valence-corrected chi connectivity index (χ1v) is 11.6. The first kappa shape index (κ1) is 22.1. The number of nitrogens with one attached hydrogen (secondary N) is 1. The summed E-state index contributed by atoms with van der Waals surface area (Å²) in [5.41, 5.74) is 6.67. The van der Waals surface area contributed by atoms with Crippen LogP contribution in [0.2, 0.25) is 0 Å². The van der Waals surface area contributed by atoms with Crippen LogP contribution in [0.15, 0.2) is 48.7 Å². The van der Waals surface area contributed by atoms with Gasteiger partial charge in [-0.15, -0.1) is 0 Å². The number of amides is 2. The molecule has 2 aliphatic heterocycles. The summed E-state index contributed by atoms with van der Waals surface area (Å²) in [6.07, 6.45) is 3.21.